The van der Waals surface area contributed by atoms with Crippen molar-refractivity contribution in [2.75, 3.05) is 26.8 Å². The number of halogens is 1. The minimum Gasteiger partial charge on any atom is -0.383 e. The summed E-state index contributed by atoms with van der Waals surface area (Å²) in [7, 11) is 1.72. The number of benzene rings is 1. The van der Waals surface area contributed by atoms with Crippen LogP contribution in [0, 0.1) is 0 Å². The Morgan fingerprint density at radius 1 is 1.50 bits per heavy atom. The average Bonchev–Trinajstić information content (AvgIpc) is 2.24. The highest BCUT2D eigenvalue weighted by Gasteiger charge is 2.03. The van der Waals surface area contributed by atoms with Crippen LogP contribution in [-0.4, -0.2) is 32.1 Å². The van der Waals surface area contributed by atoms with Crippen LogP contribution in [0.2, 0.25) is 0 Å². The summed E-state index contributed by atoms with van der Waals surface area (Å²) in [6, 6.07) is 8.40. The lowest BCUT2D eigenvalue weighted by molar-refractivity contribution is 0.199. The Hall–Kier alpha value is -0.0300. The lowest BCUT2D eigenvalue weighted by Crippen LogP contribution is -2.26. The van der Waals surface area contributed by atoms with Crippen LogP contribution < -0.4 is 5.32 Å². The summed E-state index contributed by atoms with van der Waals surface area (Å²) in [5.74, 6) is 0. The molecule has 0 amide bonds. The fourth-order valence-corrected chi connectivity index (χ4v) is 2.86. The van der Waals surface area contributed by atoms with Crippen molar-refractivity contribution in [1.29, 1.82) is 0 Å². The Kier molecular flexibility index (Phi) is 7.12. The first kappa shape index (κ1) is 14.0. The van der Waals surface area contributed by atoms with E-state index < -0.39 is 0 Å². The zero-order chi connectivity index (χ0) is 11.8. The summed E-state index contributed by atoms with van der Waals surface area (Å²) in [6.07, 6.45) is 0. The summed E-state index contributed by atoms with van der Waals surface area (Å²) < 4.78 is 6.12. The van der Waals surface area contributed by atoms with E-state index in [1.807, 2.05) is 17.8 Å². The molecule has 16 heavy (non-hydrogen) atoms. The minimum absolute atomic E-state index is 0.561. The van der Waals surface area contributed by atoms with E-state index in [1.165, 1.54) is 4.90 Å². The monoisotopic (exact) mass is 303 g/mol. The normalized spacial score (nSPS) is 12.7. The molecule has 0 fully saturated rings. The Labute approximate surface area is 110 Å². The van der Waals surface area contributed by atoms with E-state index in [1.54, 1.807) is 7.11 Å². The van der Waals surface area contributed by atoms with Crippen molar-refractivity contribution in [3.05, 3.63) is 28.7 Å². The maximum Gasteiger partial charge on any atom is 0.0587 e. The maximum absolute atomic E-state index is 4.98. The molecule has 2 nitrogen and oxygen atoms in total. The van der Waals surface area contributed by atoms with E-state index in [2.05, 4.69) is 46.4 Å². The fourth-order valence-electron chi connectivity index (χ4n) is 1.29. The Bertz CT molecular complexity index is 309. The second-order valence-corrected chi connectivity index (χ2v) is 6.01. The summed E-state index contributed by atoms with van der Waals surface area (Å²) in [4.78, 5) is 1.30. The van der Waals surface area contributed by atoms with Crippen LogP contribution >= 0.6 is 27.7 Å². The van der Waals surface area contributed by atoms with Gasteiger partial charge in [-0.25, -0.2) is 0 Å². The SMILES string of the molecule is COCCNCC(C)Sc1cccc(Br)c1. The van der Waals surface area contributed by atoms with Gasteiger partial charge in [0.25, 0.3) is 0 Å². The molecule has 1 rings (SSSR count). The molecule has 0 heterocycles. The molecule has 0 aliphatic carbocycles. The van der Waals surface area contributed by atoms with Gasteiger partial charge in [0.05, 0.1) is 6.61 Å². The molecule has 0 saturated heterocycles. The van der Waals surface area contributed by atoms with Gasteiger partial charge in [0.1, 0.15) is 0 Å². The van der Waals surface area contributed by atoms with Crippen LogP contribution in [0.4, 0.5) is 0 Å². The van der Waals surface area contributed by atoms with Crippen LogP contribution in [-0.2, 0) is 4.74 Å². The first-order valence-corrected chi connectivity index (χ1v) is 7.01. The highest BCUT2D eigenvalue weighted by molar-refractivity contribution is 9.10. The zero-order valence-electron chi connectivity index (χ0n) is 9.70. The van der Waals surface area contributed by atoms with Crippen molar-refractivity contribution in [1.82, 2.24) is 5.32 Å². The van der Waals surface area contributed by atoms with Gasteiger partial charge in [0.15, 0.2) is 0 Å². The molecule has 0 radical (unpaired) electrons. The molecule has 0 spiro atoms. The lowest BCUT2D eigenvalue weighted by atomic mass is 10.4. The first-order valence-electron chi connectivity index (χ1n) is 5.34. The average molecular weight is 304 g/mol. The topological polar surface area (TPSA) is 21.3 Å². The van der Waals surface area contributed by atoms with E-state index in [0.29, 0.717) is 5.25 Å². The van der Waals surface area contributed by atoms with Gasteiger partial charge in [0.2, 0.25) is 0 Å². The van der Waals surface area contributed by atoms with Crippen LogP contribution in [0.15, 0.2) is 33.6 Å². The molecule has 0 bridgehead atoms. The van der Waals surface area contributed by atoms with E-state index in [4.69, 9.17) is 4.74 Å². The molecule has 1 aromatic carbocycles. The molecule has 90 valence electrons. The maximum atomic E-state index is 4.98. The fraction of sp³-hybridized carbons (Fsp3) is 0.500. The van der Waals surface area contributed by atoms with Crippen molar-refractivity contribution >= 4 is 27.7 Å². The summed E-state index contributed by atoms with van der Waals surface area (Å²) in [5, 5.41) is 3.92. The molecule has 1 N–H and O–H groups in total. The number of methoxy groups -OCH3 is 1. The van der Waals surface area contributed by atoms with Crippen molar-refractivity contribution in [2.45, 2.75) is 17.1 Å². The molecule has 0 aliphatic rings. The third-order valence-corrected chi connectivity index (χ3v) is 3.64. The van der Waals surface area contributed by atoms with Gasteiger partial charge in [-0.2, -0.15) is 0 Å². The van der Waals surface area contributed by atoms with Gasteiger partial charge < -0.3 is 10.1 Å². The van der Waals surface area contributed by atoms with Crippen LogP contribution in [0.1, 0.15) is 6.92 Å². The van der Waals surface area contributed by atoms with Gasteiger partial charge in [0, 0.05) is 34.8 Å². The standard InChI is InChI=1S/C12H18BrNOS/c1-10(9-14-6-7-15-2)16-12-5-3-4-11(13)8-12/h3-5,8,10,14H,6-7,9H2,1-2H3. The summed E-state index contributed by atoms with van der Waals surface area (Å²) in [5.41, 5.74) is 0. The van der Waals surface area contributed by atoms with Crippen molar-refractivity contribution in [3.8, 4) is 0 Å². The van der Waals surface area contributed by atoms with Crippen molar-refractivity contribution < 1.29 is 4.74 Å². The molecule has 1 atom stereocenters. The summed E-state index contributed by atoms with van der Waals surface area (Å²) >= 11 is 5.36. The van der Waals surface area contributed by atoms with E-state index in [9.17, 15) is 0 Å². The predicted octanol–water partition coefficient (Wildman–Crippen LogP) is 3.17. The van der Waals surface area contributed by atoms with Crippen LogP contribution in [0.5, 0.6) is 0 Å². The number of nitrogens with one attached hydrogen (secondary N) is 1. The Morgan fingerprint density at radius 3 is 3.00 bits per heavy atom. The largest absolute Gasteiger partial charge is 0.383 e. The molecule has 0 saturated carbocycles. The first-order chi connectivity index (χ1) is 7.72. The molecule has 4 heteroatoms. The predicted molar refractivity (Wildman–Crippen MR) is 74.2 cm³/mol. The van der Waals surface area contributed by atoms with Gasteiger partial charge in [-0.3, -0.25) is 0 Å². The van der Waals surface area contributed by atoms with E-state index in [-0.39, 0.29) is 0 Å². The van der Waals surface area contributed by atoms with E-state index in [0.717, 1.165) is 24.2 Å². The van der Waals surface area contributed by atoms with Crippen molar-refractivity contribution in [2.24, 2.45) is 0 Å². The van der Waals surface area contributed by atoms with Crippen LogP contribution in [0.25, 0.3) is 0 Å². The second-order valence-electron chi connectivity index (χ2n) is 3.58. The molecule has 0 aromatic heterocycles. The Balaban J connectivity index is 2.25. The molecular formula is C12H18BrNOS. The quantitative estimate of drug-likeness (QED) is 0.617. The third kappa shape index (κ3) is 5.89. The smallest absolute Gasteiger partial charge is 0.0587 e. The summed E-state index contributed by atoms with van der Waals surface area (Å²) in [6.45, 7) is 4.92. The highest BCUT2D eigenvalue weighted by Crippen LogP contribution is 2.25. The number of thioether (sulfide) groups is 1. The van der Waals surface area contributed by atoms with Crippen molar-refractivity contribution in [3.63, 3.8) is 0 Å². The zero-order valence-corrected chi connectivity index (χ0v) is 12.1. The molecular weight excluding hydrogens is 286 g/mol. The van der Waals surface area contributed by atoms with Gasteiger partial charge in [-0.15, -0.1) is 11.8 Å². The molecule has 0 aliphatic heterocycles. The second kappa shape index (κ2) is 8.12. The number of hydrogen-bond donors (Lipinski definition) is 1. The van der Waals surface area contributed by atoms with Gasteiger partial charge in [-0.1, -0.05) is 28.9 Å². The Morgan fingerprint density at radius 2 is 2.31 bits per heavy atom. The van der Waals surface area contributed by atoms with Gasteiger partial charge in [-0.05, 0) is 18.2 Å². The highest BCUT2D eigenvalue weighted by atomic mass is 79.9. The van der Waals surface area contributed by atoms with Crippen LogP contribution in [0.3, 0.4) is 0 Å². The van der Waals surface area contributed by atoms with E-state index >= 15 is 0 Å². The number of hydrogen-bond acceptors (Lipinski definition) is 3. The minimum atomic E-state index is 0.561. The third-order valence-electron chi connectivity index (χ3n) is 2.05. The number of ether oxygens (including phenoxy) is 1. The number of rotatable bonds is 7. The van der Waals surface area contributed by atoms with Gasteiger partial charge >= 0.3 is 0 Å². The lowest BCUT2D eigenvalue weighted by Gasteiger charge is -2.12. The molecule has 1 aromatic rings. The molecule has 1 unspecified atom stereocenters.